The van der Waals surface area contributed by atoms with Gasteiger partial charge in [-0.1, -0.05) is 218 Å². The second-order valence-corrected chi connectivity index (χ2v) is 16.1. The predicted octanol–water partition coefficient (Wildman–Crippen LogP) is 16.3. The molecule has 0 aliphatic carbocycles. The molecule has 61 heavy (non-hydrogen) atoms. The van der Waals surface area contributed by atoms with Gasteiger partial charge in [0.05, 0.1) is 18.8 Å². The Morgan fingerprint density at radius 2 is 0.738 bits per heavy atom. The van der Waals surface area contributed by atoms with Gasteiger partial charge in [0.2, 0.25) is 5.91 Å². The van der Waals surface area contributed by atoms with Crippen molar-refractivity contribution in [2.75, 3.05) is 6.61 Å². The largest absolute Gasteiger partial charge is 0.394 e. The summed E-state index contributed by atoms with van der Waals surface area (Å²) >= 11 is 0. The van der Waals surface area contributed by atoms with E-state index in [1.165, 1.54) is 83.5 Å². The first-order valence-corrected chi connectivity index (χ1v) is 24.9. The molecule has 0 saturated carbocycles. The second kappa shape index (κ2) is 50.9. The molecular weight excluding hydrogens is 747 g/mol. The molecule has 0 aromatic carbocycles. The molecular formula is C57H93NO3. The highest BCUT2D eigenvalue weighted by Gasteiger charge is 2.17. The number of nitrogens with one attached hydrogen (secondary N) is 1. The summed E-state index contributed by atoms with van der Waals surface area (Å²) in [6.45, 7) is 4.14. The van der Waals surface area contributed by atoms with Gasteiger partial charge in [0.15, 0.2) is 0 Å². The SMILES string of the molecule is CC/C=C\C/C=C\C/C=C\C/C=C\C/C=C\C/C=C\C/C=C\C/C=C\CCCCCCCCCCCCC(=O)NC(CO)C(O)/C=C/CC/C=C/CC/C=C/CCCCCC. The second-order valence-electron chi connectivity index (χ2n) is 16.1. The number of allylic oxidation sites excluding steroid dienone is 21. The van der Waals surface area contributed by atoms with E-state index in [0.717, 1.165) is 96.3 Å². The number of amides is 1. The highest BCUT2D eigenvalue weighted by Crippen LogP contribution is 2.13. The van der Waals surface area contributed by atoms with Gasteiger partial charge in [-0.15, -0.1) is 0 Å². The third-order valence-electron chi connectivity index (χ3n) is 10.3. The number of hydrogen-bond donors (Lipinski definition) is 3. The van der Waals surface area contributed by atoms with Crippen LogP contribution in [0.3, 0.4) is 0 Å². The lowest BCUT2D eigenvalue weighted by atomic mass is 10.0. The van der Waals surface area contributed by atoms with E-state index in [-0.39, 0.29) is 12.5 Å². The molecule has 0 spiro atoms. The molecule has 0 aliphatic heterocycles. The van der Waals surface area contributed by atoms with Crippen molar-refractivity contribution in [1.29, 1.82) is 0 Å². The molecule has 1 amide bonds. The topological polar surface area (TPSA) is 69.6 Å². The number of rotatable bonds is 43. The molecule has 344 valence electrons. The minimum Gasteiger partial charge on any atom is -0.394 e. The van der Waals surface area contributed by atoms with Crippen LogP contribution in [0.2, 0.25) is 0 Å². The molecule has 0 aromatic heterocycles. The van der Waals surface area contributed by atoms with Crippen LogP contribution in [0, 0.1) is 0 Å². The van der Waals surface area contributed by atoms with E-state index in [2.05, 4.69) is 141 Å². The maximum atomic E-state index is 12.4. The van der Waals surface area contributed by atoms with Gasteiger partial charge in [0, 0.05) is 6.42 Å². The molecule has 0 rings (SSSR count). The Labute approximate surface area is 377 Å². The van der Waals surface area contributed by atoms with Crippen molar-refractivity contribution in [3.8, 4) is 0 Å². The van der Waals surface area contributed by atoms with Gasteiger partial charge in [0.25, 0.3) is 0 Å². The van der Waals surface area contributed by atoms with Crippen molar-refractivity contribution in [3.05, 3.63) is 134 Å². The van der Waals surface area contributed by atoms with Crippen molar-refractivity contribution in [2.45, 2.75) is 212 Å². The number of hydrogen-bond acceptors (Lipinski definition) is 3. The molecule has 0 radical (unpaired) electrons. The third-order valence-corrected chi connectivity index (χ3v) is 10.3. The Bertz CT molecular complexity index is 1270. The number of carbonyl (C=O) groups excluding carboxylic acids is 1. The van der Waals surface area contributed by atoms with E-state index < -0.39 is 12.1 Å². The number of carbonyl (C=O) groups is 1. The van der Waals surface area contributed by atoms with Gasteiger partial charge in [-0.2, -0.15) is 0 Å². The maximum Gasteiger partial charge on any atom is 0.220 e. The summed E-state index contributed by atoms with van der Waals surface area (Å²) in [7, 11) is 0. The van der Waals surface area contributed by atoms with Gasteiger partial charge >= 0.3 is 0 Å². The zero-order chi connectivity index (χ0) is 44.2. The Kier molecular flexibility index (Phi) is 48.0. The predicted molar refractivity (Wildman–Crippen MR) is 271 cm³/mol. The molecule has 4 nitrogen and oxygen atoms in total. The van der Waals surface area contributed by atoms with Gasteiger partial charge in [0.1, 0.15) is 0 Å². The number of unbranched alkanes of at least 4 members (excludes halogenated alkanes) is 16. The highest BCUT2D eigenvalue weighted by atomic mass is 16.3. The summed E-state index contributed by atoms with van der Waals surface area (Å²) in [5.41, 5.74) is 0. The van der Waals surface area contributed by atoms with Crippen molar-refractivity contribution >= 4 is 5.91 Å². The fraction of sp³-hybridized carbons (Fsp3) is 0.596. The first-order valence-electron chi connectivity index (χ1n) is 24.9. The summed E-state index contributed by atoms with van der Waals surface area (Å²) in [6.07, 6.45) is 80.0. The highest BCUT2D eigenvalue weighted by molar-refractivity contribution is 5.76. The average Bonchev–Trinajstić information content (AvgIpc) is 3.26. The first kappa shape index (κ1) is 57.5. The normalized spacial score (nSPS) is 14.1. The molecule has 3 N–H and O–H groups in total. The quantitative estimate of drug-likeness (QED) is 0.0423. The number of aliphatic hydroxyl groups is 2. The summed E-state index contributed by atoms with van der Waals surface area (Å²) in [5, 5.41) is 23.0. The molecule has 0 fully saturated rings. The smallest absolute Gasteiger partial charge is 0.220 e. The van der Waals surface area contributed by atoms with Crippen molar-refractivity contribution in [3.63, 3.8) is 0 Å². The lowest BCUT2D eigenvalue weighted by Crippen LogP contribution is -2.45. The van der Waals surface area contributed by atoms with Crippen LogP contribution in [0.25, 0.3) is 0 Å². The standard InChI is InChI=1S/C57H93NO3/c1-3-5-7-9-11-13-15-17-19-20-21-22-23-24-25-26-27-28-29-30-31-32-33-34-35-36-37-38-39-41-43-45-47-49-51-53-57(61)58-55(54-59)56(60)52-50-48-46-44-42-40-18-16-14-12-10-8-6-4-2/h5,7,11,13-14,16-17,19,21-22,24-25,27-28,30-31,33-34,42,44,50,52,55-56,59-60H,3-4,6,8-10,12,15,18,20,23,26,29,32,35-41,43,45-49,51,53-54H2,1-2H3,(H,58,61)/b7-5-,13-11-,16-14+,19-17-,22-21-,25-24-,28-27-,31-30-,34-33-,44-42+,52-50+. The van der Waals surface area contributed by atoms with Crippen molar-refractivity contribution < 1.29 is 15.0 Å². The molecule has 0 heterocycles. The average molecular weight is 840 g/mol. The molecule has 2 atom stereocenters. The summed E-state index contributed by atoms with van der Waals surface area (Å²) in [4.78, 5) is 12.4. The van der Waals surface area contributed by atoms with Crippen LogP contribution in [0.1, 0.15) is 200 Å². The first-order chi connectivity index (χ1) is 30.2. The fourth-order valence-corrected chi connectivity index (χ4v) is 6.58. The van der Waals surface area contributed by atoms with Crippen LogP contribution in [0.15, 0.2) is 134 Å². The van der Waals surface area contributed by atoms with Gasteiger partial charge in [-0.3, -0.25) is 4.79 Å². The molecule has 2 unspecified atom stereocenters. The molecule has 0 aliphatic rings. The van der Waals surface area contributed by atoms with E-state index in [1.54, 1.807) is 6.08 Å². The minimum absolute atomic E-state index is 0.0902. The summed E-state index contributed by atoms with van der Waals surface area (Å²) in [6, 6.07) is -0.656. The fourth-order valence-electron chi connectivity index (χ4n) is 6.58. The zero-order valence-corrected chi connectivity index (χ0v) is 39.4. The van der Waals surface area contributed by atoms with Gasteiger partial charge in [-0.05, 0) is 109 Å². The Morgan fingerprint density at radius 1 is 0.410 bits per heavy atom. The van der Waals surface area contributed by atoms with Crippen LogP contribution in [-0.4, -0.2) is 34.9 Å². The Hall–Kier alpha value is -3.47. The van der Waals surface area contributed by atoms with Crippen molar-refractivity contribution in [1.82, 2.24) is 5.32 Å². The molecule has 0 aromatic rings. The lowest BCUT2D eigenvalue weighted by molar-refractivity contribution is -0.123. The van der Waals surface area contributed by atoms with Crippen LogP contribution in [0.5, 0.6) is 0 Å². The van der Waals surface area contributed by atoms with E-state index in [0.29, 0.717) is 6.42 Å². The Morgan fingerprint density at radius 3 is 1.15 bits per heavy atom. The van der Waals surface area contributed by atoms with Crippen molar-refractivity contribution in [2.24, 2.45) is 0 Å². The van der Waals surface area contributed by atoms with Gasteiger partial charge < -0.3 is 15.5 Å². The van der Waals surface area contributed by atoms with E-state index in [4.69, 9.17) is 0 Å². The van der Waals surface area contributed by atoms with E-state index in [9.17, 15) is 15.0 Å². The zero-order valence-electron chi connectivity index (χ0n) is 39.4. The maximum absolute atomic E-state index is 12.4. The van der Waals surface area contributed by atoms with Crippen LogP contribution >= 0.6 is 0 Å². The van der Waals surface area contributed by atoms with Gasteiger partial charge in [-0.25, -0.2) is 0 Å². The monoisotopic (exact) mass is 840 g/mol. The van der Waals surface area contributed by atoms with Crippen LogP contribution < -0.4 is 5.32 Å². The number of aliphatic hydroxyl groups excluding tert-OH is 2. The van der Waals surface area contributed by atoms with E-state index >= 15 is 0 Å². The Balaban J connectivity index is 3.65. The summed E-state index contributed by atoms with van der Waals surface area (Å²) in [5.74, 6) is -0.0902. The molecule has 4 heteroatoms. The third kappa shape index (κ3) is 47.4. The van der Waals surface area contributed by atoms with E-state index in [1.807, 2.05) is 6.08 Å². The van der Waals surface area contributed by atoms with Crippen LogP contribution in [0.4, 0.5) is 0 Å². The lowest BCUT2D eigenvalue weighted by Gasteiger charge is -2.19. The minimum atomic E-state index is -0.880. The van der Waals surface area contributed by atoms with Crippen LogP contribution in [-0.2, 0) is 4.79 Å². The summed E-state index contributed by atoms with van der Waals surface area (Å²) < 4.78 is 0. The molecule has 0 saturated heterocycles. The molecule has 0 bridgehead atoms.